The third kappa shape index (κ3) is 3.98. The molecule has 0 aliphatic heterocycles. The lowest BCUT2D eigenvalue weighted by Crippen LogP contribution is -2.32. The Labute approximate surface area is 172 Å². The quantitative estimate of drug-likeness (QED) is 0.637. The molecule has 1 aromatic carbocycles. The molecule has 0 bridgehead atoms. The van der Waals surface area contributed by atoms with Crippen molar-refractivity contribution in [3.8, 4) is 12.3 Å². The molecule has 0 atom stereocenters. The Morgan fingerprint density at radius 2 is 2.07 bits per heavy atom. The molecule has 0 saturated heterocycles. The highest BCUT2D eigenvalue weighted by molar-refractivity contribution is 7.20. The number of amides is 2. The normalized spacial score (nSPS) is 13.1. The summed E-state index contributed by atoms with van der Waals surface area (Å²) >= 11 is 1.35. The second-order valence-electron chi connectivity index (χ2n) is 7.13. The van der Waals surface area contributed by atoms with Crippen molar-refractivity contribution >= 4 is 39.1 Å². The first-order chi connectivity index (χ1) is 14.0. The topological polar surface area (TPSA) is 84.0 Å². The molecule has 1 saturated carbocycles. The number of carbonyl (C=O) groups excluding carboxylic acids is 2. The zero-order valence-corrected chi connectivity index (χ0v) is 17.0. The van der Waals surface area contributed by atoms with E-state index in [1.807, 2.05) is 13.8 Å². The van der Waals surface area contributed by atoms with Crippen LogP contribution in [0, 0.1) is 26.2 Å². The average molecular weight is 404 g/mol. The fourth-order valence-corrected chi connectivity index (χ4v) is 4.39. The summed E-state index contributed by atoms with van der Waals surface area (Å²) in [5, 5.41) is 6.35. The van der Waals surface area contributed by atoms with Gasteiger partial charge in [-0.3, -0.25) is 9.59 Å². The van der Waals surface area contributed by atoms with Crippen LogP contribution in [0.1, 0.15) is 51.1 Å². The second kappa shape index (κ2) is 7.64. The van der Waals surface area contributed by atoms with E-state index in [4.69, 9.17) is 6.42 Å². The van der Waals surface area contributed by atoms with Gasteiger partial charge in [-0.05, 0) is 50.5 Å². The molecule has 1 aliphatic carbocycles. The Bertz CT molecular complexity index is 1170. The molecule has 6 nitrogen and oxygen atoms in total. The maximum atomic E-state index is 12.7. The zero-order chi connectivity index (χ0) is 20.5. The fraction of sp³-hybridized carbons (Fsp3) is 0.273. The molecular weight excluding hydrogens is 384 g/mol. The van der Waals surface area contributed by atoms with Crippen molar-refractivity contribution in [1.82, 2.24) is 15.3 Å². The molecule has 2 heterocycles. The molecule has 29 heavy (non-hydrogen) atoms. The first kappa shape index (κ1) is 19.1. The number of nitrogens with one attached hydrogen (secondary N) is 2. The second-order valence-corrected chi connectivity index (χ2v) is 8.13. The van der Waals surface area contributed by atoms with Crippen LogP contribution in [0.4, 0.5) is 5.69 Å². The average Bonchev–Trinajstić information content (AvgIpc) is 3.50. The van der Waals surface area contributed by atoms with Gasteiger partial charge in [-0.2, -0.15) is 0 Å². The molecule has 7 heteroatoms. The predicted octanol–water partition coefficient (Wildman–Crippen LogP) is 3.54. The largest absolute Gasteiger partial charge is 0.342 e. The minimum absolute atomic E-state index is 0.134. The van der Waals surface area contributed by atoms with Crippen molar-refractivity contribution in [3.05, 3.63) is 51.8 Å². The van der Waals surface area contributed by atoms with Crippen LogP contribution in [0.15, 0.2) is 24.3 Å². The van der Waals surface area contributed by atoms with E-state index >= 15 is 0 Å². The number of benzene rings is 1. The number of anilines is 1. The maximum absolute atomic E-state index is 12.7. The lowest BCUT2D eigenvalue weighted by molar-refractivity contribution is -0.115. The van der Waals surface area contributed by atoms with Crippen molar-refractivity contribution in [1.29, 1.82) is 0 Å². The molecule has 1 aliphatic rings. The van der Waals surface area contributed by atoms with E-state index in [1.165, 1.54) is 11.3 Å². The van der Waals surface area contributed by atoms with Crippen LogP contribution in [-0.2, 0) is 4.79 Å². The van der Waals surface area contributed by atoms with Crippen molar-refractivity contribution in [2.45, 2.75) is 32.6 Å². The SMILES string of the molecule is C#Cc1cccc(NC(=O)CNC(=O)c2sc3nc(C4CC4)nc(C)c3c2C)c1. The summed E-state index contributed by atoms with van der Waals surface area (Å²) in [7, 11) is 0. The van der Waals surface area contributed by atoms with E-state index in [0.29, 0.717) is 22.0 Å². The molecule has 1 fully saturated rings. The number of hydrogen-bond donors (Lipinski definition) is 2. The third-order valence-corrected chi connectivity index (χ3v) is 6.04. The molecule has 0 spiro atoms. The van der Waals surface area contributed by atoms with E-state index in [1.54, 1.807) is 24.3 Å². The van der Waals surface area contributed by atoms with Crippen LogP contribution in [0.25, 0.3) is 10.2 Å². The Morgan fingerprint density at radius 3 is 2.79 bits per heavy atom. The summed E-state index contributed by atoms with van der Waals surface area (Å²) in [6, 6.07) is 6.99. The number of thiophene rings is 1. The molecule has 4 rings (SSSR count). The fourth-order valence-electron chi connectivity index (χ4n) is 3.23. The van der Waals surface area contributed by atoms with E-state index in [0.717, 1.165) is 40.1 Å². The van der Waals surface area contributed by atoms with Crippen LogP contribution >= 0.6 is 11.3 Å². The minimum atomic E-state index is -0.321. The van der Waals surface area contributed by atoms with Crippen molar-refractivity contribution in [2.24, 2.45) is 0 Å². The minimum Gasteiger partial charge on any atom is -0.342 e. The number of aryl methyl sites for hydroxylation is 2. The molecule has 0 unspecified atom stereocenters. The standard InChI is InChI=1S/C22H20N4O2S/c1-4-14-6-5-7-16(10-14)25-17(27)11-23-21(28)19-12(2)18-13(3)24-20(15-8-9-15)26-22(18)29-19/h1,5-7,10,15H,8-9,11H2,2-3H3,(H,23,28)(H,25,27). The van der Waals surface area contributed by atoms with Gasteiger partial charge in [-0.25, -0.2) is 9.97 Å². The summed E-state index contributed by atoms with van der Waals surface area (Å²) in [6.07, 6.45) is 7.62. The summed E-state index contributed by atoms with van der Waals surface area (Å²) in [4.78, 5) is 35.5. The van der Waals surface area contributed by atoms with Gasteiger partial charge in [0.05, 0.1) is 17.1 Å². The van der Waals surface area contributed by atoms with Gasteiger partial charge in [0, 0.05) is 22.6 Å². The van der Waals surface area contributed by atoms with Gasteiger partial charge in [-0.15, -0.1) is 17.8 Å². The number of carbonyl (C=O) groups is 2. The van der Waals surface area contributed by atoms with Gasteiger partial charge >= 0.3 is 0 Å². The summed E-state index contributed by atoms with van der Waals surface area (Å²) in [6.45, 7) is 3.71. The Hall–Kier alpha value is -3.24. The smallest absolute Gasteiger partial charge is 0.262 e. The highest BCUT2D eigenvalue weighted by Gasteiger charge is 2.28. The highest BCUT2D eigenvalue weighted by Crippen LogP contribution is 2.40. The molecule has 2 N–H and O–H groups in total. The van der Waals surface area contributed by atoms with Gasteiger partial charge in [0.15, 0.2) is 0 Å². The maximum Gasteiger partial charge on any atom is 0.262 e. The Kier molecular flexibility index (Phi) is 5.03. The number of nitrogens with zero attached hydrogens (tertiary/aromatic N) is 2. The third-order valence-electron chi connectivity index (χ3n) is 4.86. The highest BCUT2D eigenvalue weighted by atomic mass is 32.1. The lowest BCUT2D eigenvalue weighted by atomic mass is 10.1. The van der Waals surface area contributed by atoms with Crippen molar-refractivity contribution in [3.63, 3.8) is 0 Å². The van der Waals surface area contributed by atoms with Crippen LogP contribution in [0.5, 0.6) is 0 Å². The first-order valence-corrected chi connectivity index (χ1v) is 10.2. The van der Waals surface area contributed by atoms with Crippen LogP contribution in [0.3, 0.4) is 0 Å². The molecule has 2 amide bonds. The van der Waals surface area contributed by atoms with Gasteiger partial charge in [0.1, 0.15) is 10.7 Å². The zero-order valence-electron chi connectivity index (χ0n) is 16.2. The first-order valence-electron chi connectivity index (χ1n) is 9.38. The van der Waals surface area contributed by atoms with E-state index in [2.05, 4.69) is 26.5 Å². The van der Waals surface area contributed by atoms with Crippen LogP contribution < -0.4 is 10.6 Å². The molecule has 146 valence electrons. The molecule has 2 aromatic heterocycles. The number of hydrogen-bond acceptors (Lipinski definition) is 5. The van der Waals surface area contributed by atoms with Gasteiger partial charge in [0.2, 0.25) is 5.91 Å². The monoisotopic (exact) mass is 404 g/mol. The number of rotatable bonds is 5. The van der Waals surface area contributed by atoms with Crippen molar-refractivity contribution in [2.75, 3.05) is 11.9 Å². The molecule has 3 aromatic rings. The Morgan fingerprint density at radius 1 is 1.28 bits per heavy atom. The Balaban J connectivity index is 1.46. The van der Waals surface area contributed by atoms with Crippen molar-refractivity contribution < 1.29 is 9.59 Å². The van der Waals surface area contributed by atoms with E-state index < -0.39 is 0 Å². The van der Waals surface area contributed by atoms with Crippen LogP contribution in [-0.4, -0.2) is 28.3 Å². The lowest BCUT2D eigenvalue weighted by Gasteiger charge is -2.07. The van der Waals surface area contributed by atoms with Gasteiger partial charge < -0.3 is 10.6 Å². The number of aromatic nitrogens is 2. The molecule has 0 radical (unpaired) electrons. The van der Waals surface area contributed by atoms with E-state index in [-0.39, 0.29) is 18.4 Å². The molecular formula is C22H20N4O2S. The summed E-state index contributed by atoms with van der Waals surface area (Å²) in [5.74, 6) is 3.24. The number of terminal acetylenes is 1. The van der Waals surface area contributed by atoms with Crippen LogP contribution in [0.2, 0.25) is 0 Å². The summed E-state index contributed by atoms with van der Waals surface area (Å²) < 4.78 is 0. The van der Waals surface area contributed by atoms with E-state index in [9.17, 15) is 9.59 Å². The van der Waals surface area contributed by atoms with Gasteiger partial charge in [-0.1, -0.05) is 12.0 Å². The summed E-state index contributed by atoms with van der Waals surface area (Å²) in [5.41, 5.74) is 3.02. The van der Waals surface area contributed by atoms with Gasteiger partial charge in [0.25, 0.3) is 5.91 Å². The number of fused-ring (bicyclic) bond motifs is 1. The predicted molar refractivity (Wildman–Crippen MR) is 114 cm³/mol.